The number of methoxy groups -OCH3 is 1. The number of nitrogens with one attached hydrogen (secondary N) is 1. The highest BCUT2D eigenvalue weighted by Gasteiger charge is 2.17. The third-order valence-corrected chi connectivity index (χ3v) is 5.88. The summed E-state index contributed by atoms with van der Waals surface area (Å²) in [5.41, 5.74) is 2.93. The van der Waals surface area contributed by atoms with Crippen molar-refractivity contribution in [3.8, 4) is 17.0 Å². The van der Waals surface area contributed by atoms with E-state index in [1.54, 1.807) is 17.5 Å². The van der Waals surface area contributed by atoms with Crippen molar-refractivity contribution in [1.82, 2.24) is 9.88 Å². The van der Waals surface area contributed by atoms with Crippen LogP contribution in [0.25, 0.3) is 11.3 Å². The summed E-state index contributed by atoms with van der Waals surface area (Å²) < 4.78 is 24.5. The number of anilines is 1. The monoisotopic (exact) mass is 441 g/mol. The summed E-state index contributed by atoms with van der Waals surface area (Å²) in [7, 11) is 1.42. The summed E-state index contributed by atoms with van der Waals surface area (Å²) in [6.07, 6.45) is 0.247. The van der Waals surface area contributed by atoms with Crippen LogP contribution in [-0.2, 0) is 11.3 Å². The SMILES string of the molecule is COc1ccc(-c2csc(NC(=O)c3ccc(CN4CCOC(C)C4)cc3)n2)cc1F. The number of hydrogen-bond acceptors (Lipinski definition) is 6. The van der Waals surface area contributed by atoms with E-state index in [1.165, 1.54) is 24.5 Å². The Morgan fingerprint density at radius 2 is 2.13 bits per heavy atom. The minimum absolute atomic E-state index is 0.180. The zero-order chi connectivity index (χ0) is 21.8. The van der Waals surface area contributed by atoms with Crippen LogP contribution in [0.4, 0.5) is 9.52 Å². The Bertz CT molecular complexity index is 1050. The maximum absolute atomic E-state index is 13.9. The van der Waals surface area contributed by atoms with Crippen molar-refractivity contribution in [2.24, 2.45) is 0 Å². The number of ether oxygens (including phenoxy) is 2. The van der Waals surface area contributed by atoms with Gasteiger partial charge in [0.25, 0.3) is 5.91 Å². The number of carbonyl (C=O) groups excluding carboxylic acids is 1. The summed E-state index contributed by atoms with van der Waals surface area (Å²) in [5, 5.41) is 5.06. The molecule has 1 fully saturated rings. The first-order valence-corrected chi connectivity index (χ1v) is 10.9. The molecule has 1 aliphatic rings. The Kier molecular flexibility index (Phi) is 6.60. The molecule has 1 aliphatic heterocycles. The molecule has 4 rings (SSSR count). The second-order valence-electron chi connectivity index (χ2n) is 7.45. The van der Waals surface area contributed by atoms with Crippen molar-refractivity contribution >= 4 is 22.4 Å². The summed E-state index contributed by atoms with van der Waals surface area (Å²) in [6, 6.07) is 12.3. The summed E-state index contributed by atoms with van der Waals surface area (Å²) in [5.74, 6) is -0.502. The van der Waals surface area contributed by atoms with Gasteiger partial charge in [-0.2, -0.15) is 0 Å². The number of carbonyl (C=O) groups is 1. The first kappa shape index (κ1) is 21.4. The smallest absolute Gasteiger partial charge is 0.257 e. The van der Waals surface area contributed by atoms with E-state index in [4.69, 9.17) is 9.47 Å². The molecule has 1 unspecified atom stereocenters. The van der Waals surface area contributed by atoms with Gasteiger partial charge < -0.3 is 9.47 Å². The van der Waals surface area contributed by atoms with Crippen molar-refractivity contribution in [2.45, 2.75) is 19.6 Å². The number of rotatable bonds is 6. The zero-order valence-electron chi connectivity index (χ0n) is 17.4. The molecule has 2 aromatic carbocycles. The lowest BCUT2D eigenvalue weighted by atomic mass is 10.1. The Morgan fingerprint density at radius 3 is 2.84 bits per heavy atom. The molecule has 6 nitrogen and oxygen atoms in total. The molecule has 3 aromatic rings. The molecule has 162 valence electrons. The second-order valence-corrected chi connectivity index (χ2v) is 8.31. The Morgan fingerprint density at radius 1 is 1.32 bits per heavy atom. The van der Waals surface area contributed by atoms with Gasteiger partial charge in [-0.25, -0.2) is 9.37 Å². The maximum atomic E-state index is 13.9. The van der Waals surface area contributed by atoms with Crippen LogP contribution in [0.15, 0.2) is 47.8 Å². The third-order valence-electron chi connectivity index (χ3n) is 5.12. The van der Waals surface area contributed by atoms with E-state index in [0.717, 1.165) is 31.8 Å². The number of halogens is 1. The van der Waals surface area contributed by atoms with E-state index in [9.17, 15) is 9.18 Å². The molecule has 0 radical (unpaired) electrons. The van der Waals surface area contributed by atoms with Gasteiger partial charge in [-0.05, 0) is 42.8 Å². The Hall–Kier alpha value is -2.81. The molecule has 31 heavy (non-hydrogen) atoms. The Labute approximate surface area is 184 Å². The van der Waals surface area contributed by atoms with Crippen molar-refractivity contribution in [3.05, 3.63) is 64.8 Å². The van der Waals surface area contributed by atoms with Gasteiger partial charge in [0.15, 0.2) is 16.7 Å². The van der Waals surface area contributed by atoms with Gasteiger partial charge >= 0.3 is 0 Å². The van der Waals surface area contributed by atoms with E-state index in [-0.39, 0.29) is 17.8 Å². The molecule has 0 aliphatic carbocycles. The standard InChI is InChI=1S/C23H24FN3O3S/c1-15-12-27(9-10-30-15)13-16-3-5-17(6-4-16)22(28)26-23-25-20(14-31-23)18-7-8-21(29-2)19(24)11-18/h3-8,11,14-15H,9-10,12-13H2,1-2H3,(H,25,26,28). The van der Waals surface area contributed by atoms with Crippen LogP contribution in [0.1, 0.15) is 22.8 Å². The van der Waals surface area contributed by atoms with E-state index < -0.39 is 5.82 Å². The summed E-state index contributed by atoms with van der Waals surface area (Å²) in [6.45, 7) is 5.49. The summed E-state index contributed by atoms with van der Waals surface area (Å²) in [4.78, 5) is 19.3. The molecule has 1 aromatic heterocycles. The molecule has 8 heteroatoms. The van der Waals surface area contributed by atoms with Crippen molar-refractivity contribution in [3.63, 3.8) is 0 Å². The number of amides is 1. The lowest BCUT2D eigenvalue weighted by Crippen LogP contribution is -2.40. The highest BCUT2D eigenvalue weighted by Crippen LogP contribution is 2.28. The molecule has 0 saturated carbocycles. The van der Waals surface area contributed by atoms with Crippen LogP contribution in [0.3, 0.4) is 0 Å². The van der Waals surface area contributed by atoms with Crippen LogP contribution < -0.4 is 10.1 Å². The molecule has 1 amide bonds. The molecule has 0 spiro atoms. The van der Waals surface area contributed by atoms with E-state index >= 15 is 0 Å². The molecule has 1 N–H and O–H groups in total. The van der Waals surface area contributed by atoms with Crippen LogP contribution >= 0.6 is 11.3 Å². The molecule has 2 heterocycles. The lowest BCUT2D eigenvalue weighted by Gasteiger charge is -2.31. The molecule has 0 bridgehead atoms. The normalized spacial score (nSPS) is 16.8. The quantitative estimate of drug-likeness (QED) is 0.613. The van der Waals surface area contributed by atoms with Gasteiger partial charge in [0, 0.05) is 36.1 Å². The number of morpholine rings is 1. The van der Waals surface area contributed by atoms with E-state index in [1.807, 2.05) is 24.3 Å². The minimum Gasteiger partial charge on any atom is -0.494 e. The van der Waals surface area contributed by atoms with Crippen molar-refractivity contribution in [1.29, 1.82) is 0 Å². The Balaban J connectivity index is 1.38. The molecule has 1 saturated heterocycles. The molecular weight excluding hydrogens is 417 g/mol. The number of aromatic nitrogens is 1. The van der Waals surface area contributed by atoms with E-state index in [0.29, 0.717) is 22.0 Å². The number of thiazole rings is 1. The van der Waals surface area contributed by atoms with Gasteiger partial charge in [0.2, 0.25) is 0 Å². The van der Waals surface area contributed by atoms with Crippen LogP contribution in [0.2, 0.25) is 0 Å². The minimum atomic E-state index is -0.454. The van der Waals surface area contributed by atoms with Gasteiger partial charge in [-0.3, -0.25) is 15.0 Å². The van der Waals surface area contributed by atoms with Gasteiger partial charge in [-0.15, -0.1) is 11.3 Å². The third kappa shape index (κ3) is 5.28. The predicted molar refractivity (Wildman–Crippen MR) is 119 cm³/mol. The zero-order valence-corrected chi connectivity index (χ0v) is 18.2. The first-order chi connectivity index (χ1) is 15.0. The van der Waals surface area contributed by atoms with Gasteiger partial charge in [0.1, 0.15) is 0 Å². The highest BCUT2D eigenvalue weighted by atomic mass is 32.1. The number of hydrogen-bond donors (Lipinski definition) is 1. The summed E-state index contributed by atoms with van der Waals surface area (Å²) >= 11 is 1.29. The fourth-order valence-corrected chi connectivity index (χ4v) is 4.23. The van der Waals surface area contributed by atoms with Gasteiger partial charge in [0.05, 0.1) is 25.5 Å². The fraction of sp³-hybridized carbons (Fsp3) is 0.304. The van der Waals surface area contributed by atoms with E-state index in [2.05, 4.69) is 22.1 Å². The number of nitrogens with zero attached hydrogens (tertiary/aromatic N) is 2. The van der Waals surface area contributed by atoms with Gasteiger partial charge in [-0.1, -0.05) is 12.1 Å². The number of benzene rings is 2. The topological polar surface area (TPSA) is 63.7 Å². The van der Waals surface area contributed by atoms with Crippen LogP contribution in [-0.4, -0.2) is 48.7 Å². The fourth-order valence-electron chi connectivity index (χ4n) is 3.51. The van der Waals surface area contributed by atoms with Crippen molar-refractivity contribution in [2.75, 3.05) is 32.1 Å². The first-order valence-electron chi connectivity index (χ1n) is 10.1. The molecular formula is C23H24FN3O3S. The lowest BCUT2D eigenvalue weighted by molar-refractivity contribution is -0.0212. The predicted octanol–water partition coefficient (Wildman–Crippen LogP) is 4.43. The maximum Gasteiger partial charge on any atom is 0.257 e. The second kappa shape index (κ2) is 9.55. The largest absolute Gasteiger partial charge is 0.494 e. The average molecular weight is 442 g/mol. The van der Waals surface area contributed by atoms with Crippen molar-refractivity contribution < 1.29 is 18.7 Å². The highest BCUT2D eigenvalue weighted by molar-refractivity contribution is 7.14. The average Bonchev–Trinajstić information content (AvgIpc) is 3.22. The van der Waals surface area contributed by atoms with Crippen LogP contribution in [0.5, 0.6) is 5.75 Å². The van der Waals surface area contributed by atoms with Crippen LogP contribution in [0, 0.1) is 5.82 Å². The molecule has 1 atom stereocenters.